The predicted octanol–water partition coefficient (Wildman–Crippen LogP) is 1.12. The summed E-state index contributed by atoms with van der Waals surface area (Å²) in [7, 11) is 0. The lowest BCUT2D eigenvalue weighted by molar-refractivity contribution is -0.137. The summed E-state index contributed by atoms with van der Waals surface area (Å²) in [6.07, 6.45) is 4.32. The zero-order chi connectivity index (χ0) is 13.5. The monoisotopic (exact) mass is 256 g/mol. The molecule has 18 heavy (non-hydrogen) atoms. The van der Waals surface area contributed by atoms with Crippen molar-refractivity contribution >= 4 is 11.9 Å². The van der Waals surface area contributed by atoms with Crippen molar-refractivity contribution in [1.29, 1.82) is 0 Å². The molecule has 5 heteroatoms. The summed E-state index contributed by atoms with van der Waals surface area (Å²) in [5.41, 5.74) is 5.77. The molecule has 0 heterocycles. The first kappa shape index (κ1) is 15.0. The molecule has 4 N–H and O–H groups in total. The highest BCUT2D eigenvalue weighted by atomic mass is 16.4. The Balaban J connectivity index is 2.09. The van der Waals surface area contributed by atoms with Crippen LogP contribution < -0.4 is 11.1 Å². The van der Waals surface area contributed by atoms with Crippen LogP contribution in [0, 0.1) is 11.8 Å². The summed E-state index contributed by atoms with van der Waals surface area (Å²) in [6.45, 7) is 2.64. The van der Waals surface area contributed by atoms with E-state index in [1.54, 1.807) is 0 Å². The Bertz CT molecular complexity index is 294. The molecule has 3 unspecified atom stereocenters. The number of nitrogens with two attached hydrogens (primary N) is 1. The first-order chi connectivity index (χ1) is 8.49. The van der Waals surface area contributed by atoms with Crippen LogP contribution in [0.15, 0.2) is 0 Å². The number of hydrogen-bond acceptors (Lipinski definition) is 3. The molecule has 104 valence electrons. The topological polar surface area (TPSA) is 92.4 Å². The minimum absolute atomic E-state index is 0.0781. The number of rotatable bonds is 7. The third-order valence-electron chi connectivity index (χ3n) is 3.63. The molecular formula is C13H24N2O3. The molecule has 1 aliphatic rings. The van der Waals surface area contributed by atoms with E-state index in [1.165, 1.54) is 0 Å². The minimum Gasteiger partial charge on any atom is -0.481 e. The first-order valence-corrected chi connectivity index (χ1v) is 6.74. The maximum Gasteiger partial charge on any atom is 0.303 e. The van der Waals surface area contributed by atoms with Crippen LogP contribution in [0.1, 0.15) is 45.4 Å². The van der Waals surface area contributed by atoms with Crippen molar-refractivity contribution < 1.29 is 14.7 Å². The molecule has 0 saturated heterocycles. The Morgan fingerprint density at radius 3 is 2.67 bits per heavy atom. The fourth-order valence-corrected chi connectivity index (χ4v) is 2.35. The third kappa shape index (κ3) is 5.49. The number of nitrogens with one attached hydrogen (secondary N) is 1. The molecule has 1 aliphatic carbocycles. The maximum absolute atomic E-state index is 11.8. The van der Waals surface area contributed by atoms with E-state index in [9.17, 15) is 9.59 Å². The van der Waals surface area contributed by atoms with E-state index < -0.39 is 5.97 Å². The van der Waals surface area contributed by atoms with Gasteiger partial charge in [-0.3, -0.25) is 9.59 Å². The molecule has 0 bridgehead atoms. The highest BCUT2D eigenvalue weighted by Gasteiger charge is 2.27. The van der Waals surface area contributed by atoms with Gasteiger partial charge in [-0.05, 0) is 38.0 Å². The van der Waals surface area contributed by atoms with E-state index >= 15 is 0 Å². The predicted molar refractivity (Wildman–Crippen MR) is 69.0 cm³/mol. The SMILES string of the molecule is CC(CCNC(=O)C1CCC(N)C1)CCC(=O)O. The summed E-state index contributed by atoms with van der Waals surface area (Å²) in [5.74, 6) is -0.249. The highest BCUT2D eigenvalue weighted by molar-refractivity contribution is 5.78. The molecule has 0 spiro atoms. The summed E-state index contributed by atoms with van der Waals surface area (Å²) in [5, 5.41) is 11.5. The summed E-state index contributed by atoms with van der Waals surface area (Å²) >= 11 is 0. The van der Waals surface area contributed by atoms with Gasteiger partial charge in [0, 0.05) is 24.9 Å². The average molecular weight is 256 g/mol. The van der Waals surface area contributed by atoms with Crippen LogP contribution in [0.5, 0.6) is 0 Å². The second-order valence-corrected chi connectivity index (χ2v) is 5.39. The third-order valence-corrected chi connectivity index (χ3v) is 3.63. The van der Waals surface area contributed by atoms with Crippen LogP contribution in [-0.2, 0) is 9.59 Å². The Morgan fingerprint density at radius 2 is 2.11 bits per heavy atom. The molecule has 0 aromatic rings. The standard InChI is InChI=1S/C13H24N2O3/c1-9(2-5-12(16)17)6-7-15-13(18)10-3-4-11(14)8-10/h9-11H,2-8,14H2,1H3,(H,15,18)(H,16,17). The molecule has 1 fully saturated rings. The molecule has 0 aromatic heterocycles. The molecule has 0 radical (unpaired) electrons. The lowest BCUT2D eigenvalue weighted by atomic mass is 10.0. The molecule has 3 atom stereocenters. The molecule has 1 amide bonds. The van der Waals surface area contributed by atoms with Gasteiger partial charge in [-0.2, -0.15) is 0 Å². The zero-order valence-corrected chi connectivity index (χ0v) is 11.0. The summed E-state index contributed by atoms with van der Waals surface area (Å²) in [4.78, 5) is 22.2. The highest BCUT2D eigenvalue weighted by Crippen LogP contribution is 2.24. The number of amides is 1. The smallest absolute Gasteiger partial charge is 0.303 e. The molecule has 5 nitrogen and oxygen atoms in total. The van der Waals surface area contributed by atoms with Crippen LogP contribution in [0.4, 0.5) is 0 Å². The van der Waals surface area contributed by atoms with Crippen LogP contribution in [0.3, 0.4) is 0 Å². The van der Waals surface area contributed by atoms with Gasteiger partial charge < -0.3 is 16.2 Å². The molecule has 1 rings (SSSR count). The van der Waals surface area contributed by atoms with Crippen LogP contribution in [0.2, 0.25) is 0 Å². The van der Waals surface area contributed by atoms with E-state index in [1.807, 2.05) is 6.92 Å². The van der Waals surface area contributed by atoms with Gasteiger partial charge >= 0.3 is 5.97 Å². The Labute approximate surface area is 108 Å². The van der Waals surface area contributed by atoms with Gasteiger partial charge in [0.1, 0.15) is 0 Å². The molecule has 0 aromatic carbocycles. The van der Waals surface area contributed by atoms with E-state index in [-0.39, 0.29) is 24.3 Å². The van der Waals surface area contributed by atoms with Crippen molar-refractivity contribution in [3.63, 3.8) is 0 Å². The van der Waals surface area contributed by atoms with Crippen LogP contribution in [-0.4, -0.2) is 29.6 Å². The van der Waals surface area contributed by atoms with Crippen molar-refractivity contribution in [3.05, 3.63) is 0 Å². The Hall–Kier alpha value is -1.10. The number of aliphatic carboxylic acids is 1. The number of carbonyl (C=O) groups is 2. The number of carboxylic acid groups (broad SMARTS) is 1. The second-order valence-electron chi connectivity index (χ2n) is 5.39. The van der Waals surface area contributed by atoms with Crippen molar-refractivity contribution in [2.45, 2.75) is 51.5 Å². The minimum atomic E-state index is -0.758. The molecule has 1 saturated carbocycles. The van der Waals surface area contributed by atoms with Crippen molar-refractivity contribution in [2.24, 2.45) is 17.6 Å². The van der Waals surface area contributed by atoms with Crippen molar-refractivity contribution in [2.75, 3.05) is 6.54 Å². The number of hydrogen-bond donors (Lipinski definition) is 3. The lowest BCUT2D eigenvalue weighted by Crippen LogP contribution is -2.31. The zero-order valence-electron chi connectivity index (χ0n) is 11.0. The number of carboxylic acids is 1. The second kappa shape index (κ2) is 7.36. The van der Waals surface area contributed by atoms with Crippen LogP contribution >= 0.6 is 0 Å². The fourth-order valence-electron chi connectivity index (χ4n) is 2.35. The van der Waals surface area contributed by atoms with Gasteiger partial charge in [-0.1, -0.05) is 6.92 Å². The van der Waals surface area contributed by atoms with Gasteiger partial charge in [-0.25, -0.2) is 0 Å². The molecular weight excluding hydrogens is 232 g/mol. The fraction of sp³-hybridized carbons (Fsp3) is 0.846. The first-order valence-electron chi connectivity index (χ1n) is 6.74. The van der Waals surface area contributed by atoms with Gasteiger partial charge in [0.2, 0.25) is 5.91 Å². The van der Waals surface area contributed by atoms with E-state index in [4.69, 9.17) is 10.8 Å². The van der Waals surface area contributed by atoms with Crippen molar-refractivity contribution in [3.8, 4) is 0 Å². The van der Waals surface area contributed by atoms with Crippen LogP contribution in [0.25, 0.3) is 0 Å². The largest absolute Gasteiger partial charge is 0.481 e. The van der Waals surface area contributed by atoms with Crippen molar-refractivity contribution in [1.82, 2.24) is 5.32 Å². The number of carbonyl (C=O) groups excluding carboxylic acids is 1. The molecule has 0 aliphatic heterocycles. The van der Waals surface area contributed by atoms with E-state index in [0.29, 0.717) is 18.9 Å². The maximum atomic E-state index is 11.8. The van der Waals surface area contributed by atoms with Gasteiger partial charge in [0.15, 0.2) is 0 Å². The van der Waals surface area contributed by atoms with Gasteiger partial charge in [0.05, 0.1) is 0 Å². The normalized spacial score (nSPS) is 24.8. The van der Waals surface area contributed by atoms with E-state index in [2.05, 4.69) is 5.32 Å². The summed E-state index contributed by atoms with van der Waals surface area (Å²) < 4.78 is 0. The Kier molecular flexibility index (Phi) is 6.12. The van der Waals surface area contributed by atoms with Gasteiger partial charge in [-0.15, -0.1) is 0 Å². The van der Waals surface area contributed by atoms with E-state index in [0.717, 1.165) is 25.7 Å². The summed E-state index contributed by atoms with van der Waals surface area (Å²) in [6, 6.07) is 0.176. The van der Waals surface area contributed by atoms with Gasteiger partial charge in [0.25, 0.3) is 0 Å². The lowest BCUT2D eigenvalue weighted by Gasteiger charge is -2.13. The Morgan fingerprint density at radius 1 is 1.39 bits per heavy atom. The average Bonchev–Trinajstić information content (AvgIpc) is 2.73. The quantitative estimate of drug-likeness (QED) is 0.636.